The van der Waals surface area contributed by atoms with Gasteiger partial charge in [-0.1, -0.05) is 0 Å². The molecule has 0 aromatic carbocycles. The third-order valence-corrected chi connectivity index (χ3v) is 8.96. The summed E-state index contributed by atoms with van der Waals surface area (Å²) in [6.07, 6.45) is 3.26. The van der Waals surface area contributed by atoms with Crippen LogP contribution in [0.4, 0.5) is 18.0 Å². The maximum absolute atomic E-state index is 12.9. The molecule has 2 saturated heterocycles. The van der Waals surface area contributed by atoms with Crippen LogP contribution in [0.25, 0.3) is 0 Å². The number of aliphatic hydroxyl groups is 1. The zero-order chi connectivity index (χ0) is 24.9. The Hall–Kier alpha value is -2.76. The van der Waals surface area contributed by atoms with Crippen molar-refractivity contribution >= 4 is 6.03 Å². The van der Waals surface area contributed by atoms with Gasteiger partial charge in [0.05, 0.1) is 11.7 Å². The van der Waals surface area contributed by atoms with Gasteiger partial charge in [-0.05, 0) is 63.0 Å². The summed E-state index contributed by atoms with van der Waals surface area (Å²) in [7, 11) is 0. The maximum atomic E-state index is 12.9. The Morgan fingerprint density at radius 1 is 1.00 bits per heavy atom. The lowest BCUT2D eigenvalue weighted by atomic mass is 9.56. The fourth-order valence-corrected chi connectivity index (χ4v) is 6.87. The minimum Gasteiger partial charge on any atom is -0.382 e. The molecule has 2 spiro atoms. The van der Waals surface area contributed by atoms with Crippen LogP contribution in [0.2, 0.25) is 0 Å². The predicted molar refractivity (Wildman–Crippen MR) is 118 cm³/mol. The molecule has 3 aliphatic carbocycles. The summed E-state index contributed by atoms with van der Waals surface area (Å²) in [6, 6.07) is 2.82. The number of alkyl halides is 3. The Morgan fingerprint density at radius 3 is 2.19 bits per heavy atom. The molecule has 2 aromatic rings. The molecule has 0 atom stereocenters. The lowest BCUT2D eigenvalue weighted by Crippen LogP contribution is -2.71. The average Bonchev–Trinajstić information content (AvgIpc) is 3.27. The fourth-order valence-electron chi connectivity index (χ4n) is 6.87. The van der Waals surface area contributed by atoms with Crippen molar-refractivity contribution in [3.63, 3.8) is 0 Å². The monoisotopic (exact) mass is 503 g/mol. The number of likely N-dealkylation sites (tertiary alicyclic amines) is 2. The van der Waals surface area contributed by atoms with Gasteiger partial charge in [0.2, 0.25) is 0 Å². The summed E-state index contributed by atoms with van der Waals surface area (Å²) >= 11 is 0. The zero-order valence-electron chi connectivity index (χ0n) is 19.8. The fraction of sp³-hybridized carbons (Fsp3) is 0.708. The van der Waals surface area contributed by atoms with E-state index in [9.17, 15) is 23.1 Å². The molecule has 5 aliphatic rings. The summed E-state index contributed by atoms with van der Waals surface area (Å²) < 4.78 is 39.8. The number of nitrogens with zero attached hydrogens (tertiary/aromatic N) is 7. The molecule has 9 nitrogen and oxygen atoms in total. The van der Waals surface area contributed by atoms with E-state index < -0.39 is 17.5 Å². The number of carbonyl (C=O) groups excluding carboxylic acids is 1. The second kappa shape index (κ2) is 7.17. The van der Waals surface area contributed by atoms with Crippen molar-refractivity contribution in [1.29, 1.82) is 0 Å². The minimum atomic E-state index is -4.47. The third-order valence-electron chi connectivity index (χ3n) is 8.96. The first-order valence-electron chi connectivity index (χ1n) is 12.6. The molecule has 0 radical (unpaired) electrons. The van der Waals surface area contributed by atoms with Gasteiger partial charge in [0, 0.05) is 37.0 Å². The van der Waals surface area contributed by atoms with Crippen LogP contribution in [0, 0.1) is 16.7 Å². The first-order valence-corrected chi connectivity index (χ1v) is 12.6. The molecule has 36 heavy (non-hydrogen) atoms. The summed E-state index contributed by atoms with van der Waals surface area (Å²) in [4.78, 5) is 21.1. The molecule has 2 aromatic heterocycles. The first-order chi connectivity index (χ1) is 17.0. The Balaban J connectivity index is 0.840. The van der Waals surface area contributed by atoms with Gasteiger partial charge in [0.1, 0.15) is 11.9 Å². The van der Waals surface area contributed by atoms with Crippen molar-refractivity contribution in [2.45, 2.75) is 62.8 Å². The predicted octanol–water partition coefficient (Wildman–Crippen LogP) is 2.78. The van der Waals surface area contributed by atoms with Gasteiger partial charge in [-0.25, -0.2) is 14.5 Å². The number of carbonyl (C=O) groups is 1. The number of amides is 2. The molecule has 4 heterocycles. The van der Waals surface area contributed by atoms with Crippen LogP contribution in [0.1, 0.15) is 61.8 Å². The van der Waals surface area contributed by atoms with Crippen LogP contribution in [-0.4, -0.2) is 72.1 Å². The molecule has 2 amide bonds. The number of hydrogen-bond donors (Lipinski definition) is 1. The summed E-state index contributed by atoms with van der Waals surface area (Å²) in [5, 5.41) is 21.7. The van der Waals surface area contributed by atoms with Gasteiger partial charge in [-0.3, -0.25) is 0 Å². The van der Waals surface area contributed by atoms with Crippen LogP contribution >= 0.6 is 0 Å². The van der Waals surface area contributed by atoms with E-state index in [1.165, 1.54) is 6.07 Å². The molecule has 3 saturated carbocycles. The Morgan fingerprint density at radius 2 is 1.64 bits per heavy atom. The second-order valence-electron chi connectivity index (χ2n) is 12.0. The second-order valence-corrected chi connectivity index (χ2v) is 12.0. The van der Waals surface area contributed by atoms with E-state index in [1.807, 2.05) is 14.5 Å². The lowest BCUT2D eigenvalue weighted by molar-refractivity contribution is -0.141. The van der Waals surface area contributed by atoms with Crippen molar-refractivity contribution in [2.75, 3.05) is 26.2 Å². The molecular weight excluding hydrogens is 475 g/mol. The van der Waals surface area contributed by atoms with Crippen molar-refractivity contribution in [3.05, 3.63) is 35.7 Å². The lowest BCUT2D eigenvalue weighted by Gasteiger charge is -2.63. The van der Waals surface area contributed by atoms with E-state index in [-0.39, 0.29) is 16.9 Å². The Kier molecular flexibility index (Phi) is 4.47. The highest BCUT2D eigenvalue weighted by Crippen LogP contribution is 2.56. The average molecular weight is 504 g/mol. The van der Waals surface area contributed by atoms with Crippen LogP contribution < -0.4 is 0 Å². The number of urea groups is 1. The maximum Gasteiger partial charge on any atom is 0.435 e. The quantitative estimate of drug-likeness (QED) is 0.689. The zero-order valence-corrected chi connectivity index (χ0v) is 19.8. The van der Waals surface area contributed by atoms with Gasteiger partial charge in [-0.2, -0.15) is 23.4 Å². The highest BCUT2D eigenvalue weighted by atomic mass is 19.4. The van der Waals surface area contributed by atoms with Gasteiger partial charge in [-0.15, -0.1) is 5.10 Å². The molecule has 0 unspecified atom stereocenters. The highest BCUT2D eigenvalue weighted by molar-refractivity contribution is 5.77. The molecular formula is C24H28F3N7O2. The number of rotatable bonds is 4. The number of aromatic nitrogens is 5. The van der Waals surface area contributed by atoms with E-state index in [0.29, 0.717) is 29.9 Å². The largest absolute Gasteiger partial charge is 0.435 e. The SMILES string of the molecule is O=C(N1CC2(CC(Cc3ccc(C(F)(F)F)nn3)C2)C1)N1CC2(CC(n3cnc(C4(O)CC4)n3)C2)C1. The Labute approximate surface area is 205 Å². The van der Waals surface area contributed by atoms with Crippen molar-refractivity contribution in [1.82, 2.24) is 34.8 Å². The molecule has 12 heteroatoms. The summed E-state index contributed by atoms with van der Waals surface area (Å²) in [6.45, 7) is 3.09. The first kappa shape index (κ1) is 22.4. The van der Waals surface area contributed by atoms with E-state index in [4.69, 9.17) is 0 Å². The topological polar surface area (TPSA) is 100 Å². The van der Waals surface area contributed by atoms with Crippen molar-refractivity contribution in [3.8, 4) is 0 Å². The molecule has 192 valence electrons. The minimum absolute atomic E-state index is 0.116. The van der Waals surface area contributed by atoms with Gasteiger partial charge in [0.15, 0.2) is 11.5 Å². The van der Waals surface area contributed by atoms with Gasteiger partial charge < -0.3 is 14.9 Å². The van der Waals surface area contributed by atoms with Crippen molar-refractivity contribution in [2.24, 2.45) is 16.7 Å². The van der Waals surface area contributed by atoms with Gasteiger partial charge in [0.25, 0.3) is 0 Å². The van der Waals surface area contributed by atoms with Gasteiger partial charge >= 0.3 is 12.2 Å². The molecule has 5 fully saturated rings. The Bertz CT molecular complexity index is 1180. The molecule has 2 aliphatic heterocycles. The van der Waals surface area contributed by atoms with E-state index in [2.05, 4.69) is 20.3 Å². The molecule has 7 rings (SSSR count). The molecule has 0 bridgehead atoms. The third kappa shape index (κ3) is 3.59. The van der Waals surface area contributed by atoms with Crippen molar-refractivity contribution < 1.29 is 23.1 Å². The smallest absolute Gasteiger partial charge is 0.382 e. The van der Waals surface area contributed by atoms with E-state index in [0.717, 1.165) is 70.8 Å². The van der Waals surface area contributed by atoms with Crippen LogP contribution in [0.5, 0.6) is 0 Å². The standard InChI is InChI=1S/C24H28F3N7O2/c25-24(26,27)18-2-1-16(29-30-18)5-15-6-21(7-15)10-32(11-21)20(35)33-12-22(13-33)8-17(9-22)34-14-28-19(31-34)23(36)3-4-23/h1-2,14-15,17,36H,3-13H2. The normalized spacial score (nSPS) is 25.8. The number of hydrogen-bond acceptors (Lipinski definition) is 6. The van der Waals surface area contributed by atoms with E-state index >= 15 is 0 Å². The van der Waals surface area contributed by atoms with Crippen LogP contribution in [0.3, 0.4) is 0 Å². The highest BCUT2D eigenvalue weighted by Gasteiger charge is 2.59. The molecule has 1 N–H and O–H groups in total. The van der Waals surface area contributed by atoms with E-state index in [1.54, 1.807) is 6.33 Å². The summed E-state index contributed by atoms with van der Waals surface area (Å²) in [5.74, 6) is 0.913. The summed E-state index contributed by atoms with van der Waals surface area (Å²) in [5.41, 5.74) is -0.825. The number of halogens is 3. The van der Waals surface area contributed by atoms with Crippen LogP contribution in [0.15, 0.2) is 18.5 Å². The van der Waals surface area contributed by atoms with Crippen LogP contribution in [-0.2, 0) is 18.2 Å².